The Morgan fingerprint density at radius 1 is 1.21 bits per heavy atom. The Balaban J connectivity index is 2.50. The lowest BCUT2D eigenvalue weighted by Crippen LogP contribution is -2.46. The second kappa shape index (κ2) is 5.48. The maximum absolute atomic E-state index is 12.7. The van der Waals surface area contributed by atoms with Crippen molar-refractivity contribution in [3.8, 4) is 5.75 Å². The predicted molar refractivity (Wildman–Crippen MR) is 74.1 cm³/mol. The van der Waals surface area contributed by atoms with Gasteiger partial charge in [0.05, 0.1) is 7.11 Å². The molecule has 2 rings (SSSR count). The predicted octanol–water partition coefficient (Wildman–Crippen LogP) is 0.906. The largest absolute Gasteiger partial charge is 0.495 e. The second-order valence-electron chi connectivity index (χ2n) is 4.77. The van der Waals surface area contributed by atoms with Crippen molar-refractivity contribution in [1.82, 2.24) is 9.62 Å². The first-order valence-corrected chi connectivity index (χ1v) is 7.77. The summed E-state index contributed by atoms with van der Waals surface area (Å²) in [7, 11) is -1.97. The number of nitrogens with zero attached hydrogens (tertiary/aromatic N) is 1. The van der Waals surface area contributed by atoms with E-state index in [0.717, 1.165) is 11.1 Å². The van der Waals surface area contributed by atoms with Gasteiger partial charge in [0.1, 0.15) is 10.6 Å². The van der Waals surface area contributed by atoms with Gasteiger partial charge in [-0.2, -0.15) is 4.31 Å². The molecule has 1 aliphatic rings. The Kier molecular flexibility index (Phi) is 4.13. The van der Waals surface area contributed by atoms with Crippen LogP contribution in [0.25, 0.3) is 0 Å². The third-order valence-electron chi connectivity index (χ3n) is 3.28. The van der Waals surface area contributed by atoms with E-state index in [-0.39, 0.29) is 4.90 Å². The average molecular weight is 284 g/mol. The molecule has 6 heteroatoms. The molecule has 0 spiro atoms. The van der Waals surface area contributed by atoms with Crippen LogP contribution in [0.3, 0.4) is 0 Å². The summed E-state index contributed by atoms with van der Waals surface area (Å²) >= 11 is 0. The van der Waals surface area contributed by atoms with E-state index in [1.54, 1.807) is 6.07 Å². The van der Waals surface area contributed by atoms with E-state index >= 15 is 0 Å². The van der Waals surface area contributed by atoms with Crippen LogP contribution in [0.4, 0.5) is 0 Å². The minimum Gasteiger partial charge on any atom is -0.495 e. The van der Waals surface area contributed by atoms with Crippen LogP contribution in [0.2, 0.25) is 0 Å². The monoisotopic (exact) mass is 284 g/mol. The van der Waals surface area contributed by atoms with Gasteiger partial charge in [-0.25, -0.2) is 8.42 Å². The topological polar surface area (TPSA) is 58.6 Å². The van der Waals surface area contributed by atoms with E-state index in [0.29, 0.717) is 31.9 Å². The van der Waals surface area contributed by atoms with Crippen LogP contribution in [0.1, 0.15) is 11.1 Å². The van der Waals surface area contributed by atoms with Crippen LogP contribution < -0.4 is 10.1 Å². The molecule has 1 saturated heterocycles. The van der Waals surface area contributed by atoms with Crippen LogP contribution >= 0.6 is 0 Å². The fraction of sp³-hybridized carbons (Fsp3) is 0.538. The minimum atomic E-state index is -3.48. The highest BCUT2D eigenvalue weighted by Crippen LogP contribution is 2.31. The minimum absolute atomic E-state index is 0.273. The number of aryl methyl sites for hydroxylation is 2. The van der Waals surface area contributed by atoms with Crippen molar-refractivity contribution in [2.45, 2.75) is 18.7 Å². The molecule has 106 valence electrons. The highest BCUT2D eigenvalue weighted by Gasteiger charge is 2.29. The number of sulfonamides is 1. The SMILES string of the molecule is COc1c(C)cc(C)cc1S(=O)(=O)N1CCNCC1. The van der Waals surface area contributed by atoms with Gasteiger partial charge in [-0.05, 0) is 31.0 Å². The molecule has 1 aromatic rings. The molecule has 1 N–H and O–H groups in total. The van der Waals surface area contributed by atoms with Crippen LogP contribution in [-0.4, -0.2) is 46.0 Å². The molecule has 0 radical (unpaired) electrons. The van der Waals surface area contributed by atoms with Gasteiger partial charge < -0.3 is 10.1 Å². The maximum Gasteiger partial charge on any atom is 0.246 e. The zero-order valence-electron chi connectivity index (χ0n) is 11.6. The number of benzene rings is 1. The zero-order valence-corrected chi connectivity index (χ0v) is 12.4. The third-order valence-corrected chi connectivity index (χ3v) is 5.19. The van der Waals surface area contributed by atoms with Gasteiger partial charge in [-0.1, -0.05) is 6.07 Å². The van der Waals surface area contributed by atoms with E-state index in [1.807, 2.05) is 19.9 Å². The third kappa shape index (κ3) is 2.75. The smallest absolute Gasteiger partial charge is 0.246 e. The molecule has 0 saturated carbocycles. The van der Waals surface area contributed by atoms with Gasteiger partial charge in [-0.3, -0.25) is 0 Å². The number of ether oxygens (including phenoxy) is 1. The summed E-state index contributed by atoms with van der Waals surface area (Å²) < 4.78 is 32.2. The first-order valence-electron chi connectivity index (χ1n) is 6.33. The number of methoxy groups -OCH3 is 1. The second-order valence-corrected chi connectivity index (χ2v) is 6.67. The molecule has 1 heterocycles. The fourth-order valence-corrected chi connectivity index (χ4v) is 4.15. The molecule has 0 aromatic heterocycles. The number of hydrogen-bond donors (Lipinski definition) is 1. The van der Waals surface area contributed by atoms with Crippen molar-refractivity contribution in [3.63, 3.8) is 0 Å². The highest BCUT2D eigenvalue weighted by molar-refractivity contribution is 7.89. The van der Waals surface area contributed by atoms with E-state index in [2.05, 4.69) is 5.32 Å². The summed E-state index contributed by atoms with van der Waals surface area (Å²) in [6.07, 6.45) is 0. The number of nitrogens with one attached hydrogen (secondary N) is 1. The number of hydrogen-bond acceptors (Lipinski definition) is 4. The molecular weight excluding hydrogens is 264 g/mol. The van der Waals surface area contributed by atoms with Crippen LogP contribution in [0, 0.1) is 13.8 Å². The first kappa shape index (κ1) is 14.3. The average Bonchev–Trinajstić information content (AvgIpc) is 2.39. The van der Waals surface area contributed by atoms with Crippen LogP contribution in [-0.2, 0) is 10.0 Å². The van der Waals surface area contributed by atoms with Gasteiger partial charge in [0.25, 0.3) is 0 Å². The maximum atomic E-state index is 12.7. The van der Waals surface area contributed by atoms with E-state index in [1.165, 1.54) is 11.4 Å². The van der Waals surface area contributed by atoms with Gasteiger partial charge >= 0.3 is 0 Å². The summed E-state index contributed by atoms with van der Waals surface area (Å²) in [5, 5.41) is 3.15. The summed E-state index contributed by atoms with van der Waals surface area (Å²) in [6, 6.07) is 3.61. The molecule has 1 aliphatic heterocycles. The molecule has 1 fully saturated rings. The van der Waals surface area contributed by atoms with Gasteiger partial charge in [0.2, 0.25) is 10.0 Å². The van der Waals surface area contributed by atoms with Crippen LogP contribution in [0.5, 0.6) is 5.75 Å². The number of rotatable bonds is 3. The van der Waals surface area contributed by atoms with Crippen molar-refractivity contribution in [3.05, 3.63) is 23.3 Å². The Labute approximate surface area is 114 Å². The van der Waals surface area contributed by atoms with Crippen molar-refractivity contribution in [1.29, 1.82) is 0 Å². The molecule has 0 aliphatic carbocycles. The Morgan fingerprint density at radius 2 is 1.84 bits per heavy atom. The number of piperazine rings is 1. The van der Waals surface area contributed by atoms with E-state index in [9.17, 15) is 8.42 Å². The van der Waals surface area contributed by atoms with Crippen LogP contribution in [0.15, 0.2) is 17.0 Å². The molecule has 1 aromatic carbocycles. The summed E-state index contributed by atoms with van der Waals surface area (Å²) in [4.78, 5) is 0.273. The quantitative estimate of drug-likeness (QED) is 0.896. The standard InChI is InChI=1S/C13H20N2O3S/c1-10-8-11(2)13(18-3)12(9-10)19(16,17)15-6-4-14-5-7-15/h8-9,14H,4-7H2,1-3H3. The molecular formula is C13H20N2O3S. The molecule has 0 amide bonds. The zero-order chi connectivity index (χ0) is 14.0. The Morgan fingerprint density at radius 3 is 2.42 bits per heavy atom. The van der Waals surface area contributed by atoms with E-state index in [4.69, 9.17) is 4.74 Å². The van der Waals surface area contributed by atoms with Crippen molar-refractivity contribution >= 4 is 10.0 Å². The Hall–Kier alpha value is -1.11. The molecule has 0 atom stereocenters. The fourth-order valence-electron chi connectivity index (χ4n) is 2.39. The summed E-state index contributed by atoms with van der Waals surface area (Å²) in [6.45, 7) is 6.13. The molecule has 5 nitrogen and oxygen atoms in total. The van der Waals surface area contributed by atoms with Crippen molar-refractivity contribution in [2.24, 2.45) is 0 Å². The molecule has 0 unspecified atom stereocenters. The lowest BCUT2D eigenvalue weighted by Gasteiger charge is -2.27. The van der Waals surface area contributed by atoms with E-state index < -0.39 is 10.0 Å². The highest BCUT2D eigenvalue weighted by atomic mass is 32.2. The van der Waals surface area contributed by atoms with Gasteiger partial charge in [0.15, 0.2) is 0 Å². The first-order chi connectivity index (χ1) is 8.96. The van der Waals surface area contributed by atoms with Gasteiger partial charge in [-0.15, -0.1) is 0 Å². The molecule has 0 bridgehead atoms. The normalized spacial score (nSPS) is 17.4. The lowest BCUT2D eigenvalue weighted by molar-refractivity contribution is 0.354. The van der Waals surface area contributed by atoms with Crippen molar-refractivity contribution < 1.29 is 13.2 Å². The Bertz CT molecular complexity index is 563. The van der Waals surface area contributed by atoms with Crippen molar-refractivity contribution in [2.75, 3.05) is 33.3 Å². The summed E-state index contributed by atoms with van der Waals surface area (Å²) in [5.41, 5.74) is 1.77. The van der Waals surface area contributed by atoms with Gasteiger partial charge in [0, 0.05) is 26.2 Å². The molecule has 19 heavy (non-hydrogen) atoms. The summed E-state index contributed by atoms with van der Waals surface area (Å²) in [5.74, 6) is 0.448. The lowest BCUT2D eigenvalue weighted by atomic mass is 10.1.